The monoisotopic (exact) mass is 493 g/mol. The number of nitroso groups, excluding NO2 is 1. The smallest absolute Gasteiger partial charge is 0.263 e. The second kappa shape index (κ2) is 8.26. The average molecular weight is 494 g/mol. The van der Waals surface area contributed by atoms with E-state index >= 15 is 0 Å². The molecule has 0 unspecified atom stereocenters. The van der Waals surface area contributed by atoms with E-state index in [9.17, 15) is 14.8 Å². The predicted molar refractivity (Wildman–Crippen MR) is 143 cm³/mol. The normalized spacial score (nSPS) is 25.9. The number of fused-ring (bicyclic) bond motifs is 1. The molecule has 0 aliphatic heterocycles. The molecule has 1 heterocycles. The van der Waals surface area contributed by atoms with Crippen molar-refractivity contribution in [1.29, 1.82) is 0 Å². The number of aromatic hydroxyl groups is 1. The standard InChI is InChI=1S/C30H28N4O3/c35-25-8-6-24(7-9-25)34(37)23-4-1-21(2-5-23)28-31-26-10-3-22(14-27(26)32-28)29(36)33-30-15-18-11-19(16-30)13-20(12-18)17-30/h1-10,14,18-20H,11-13,15-17H2,(H2-,31,32,33,35,36,37)/p+1. The zero-order valence-corrected chi connectivity index (χ0v) is 20.5. The number of rotatable bonds is 5. The third kappa shape index (κ3) is 3.99. The molecule has 7 nitrogen and oxygen atoms in total. The molecule has 37 heavy (non-hydrogen) atoms. The van der Waals surface area contributed by atoms with Crippen LogP contribution in [0.25, 0.3) is 22.4 Å². The molecular formula is C30H29N4O3+. The number of nitrogens with one attached hydrogen (secondary N) is 2. The minimum absolute atomic E-state index is 0.00845. The Labute approximate surface area is 214 Å². The minimum Gasteiger partial charge on any atom is -0.508 e. The number of amides is 1. The zero-order valence-electron chi connectivity index (χ0n) is 20.5. The number of hydrogen-bond acceptors (Lipinski definition) is 4. The maximum Gasteiger partial charge on any atom is 0.263 e. The summed E-state index contributed by atoms with van der Waals surface area (Å²) >= 11 is 0. The van der Waals surface area contributed by atoms with Crippen LogP contribution in [0.2, 0.25) is 0 Å². The van der Waals surface area contributed by atoms with Crippen LogP contribution in [0.15, 0.2) is 66.7 Å². The van der Waals surface area contributed by atoms with Crippen molar-refractivity contribution in [3.8, 4) is 17.1 Å². The number of phenols is 1. The minimum atomic E-state index is -0.0166. The highest BCUT2D eigenvalue weighted by atomic mass is 16.3. The van der Waals surface area contributed by atoms with Gasteiger partial charge in [0, 0.05) is 45.8 Å². The Morgan fingerprint density at radius 1 is 0.892 bits per heavy atom. The summed E-state index contributed by atoms with van der Waals surface area (Å²) in [6.07, 6.45) is 7.44. The van der Waals surface area contributed by atoms with Crippen LogP contribution in [-0.2, 0) is 0 Å². The van der Waals surface area contributed by atoms with Gasteiger partial charge in [0.15, 0.2) is 0 Å². The van der Waals surface area contributed by atoms with Crippen molar-refractivity contribution in [3.63, 3.8) is 0 Å². The molecule has 8 rings (SSSR count). The van der Waals surface area contributed by atoms with Crippen LogP contribution in [0.4, 0.5) is 11.4 Å². The van der Waals surface area contributed by atoms with Gasteiger partial charge in [-0.2, -0.15) is 0 Å². The summed E-state index contributed by atoms with van der Waals surface area (Å²) in [7, 11) is 0. The Kier molecular flexibility index (Phi) is 4.96. The number of aromatic nitrogens is 2. The van der Waals surface area contributed by atoms with Gasteiger partial charge < -0.3 is 15.4 Å². The van der Waals surface area contributed by atoms with Gasteiger partial charge in [-0.15, -0.1) is 0 Å². The lowest BCUT2D eigenvalue weighted by molar-refractivity contribution is -0.0167. The summed E-state index contributed by atoms with van der Waals surface area (Å²) in [6, 6.07) is 18.9. The number of aromatic amines is 1. The molecule has 0 radical (unpaired) electrons. The van der Waals surface area contributed by atoms with E-state index in [-0.39, 0.29) is 17.2 Å². The van der Waals surface area contributed by atoms with Crippen molar-refractivity contribution in [2.45, 2.75) is 44.1 Å². The van der Waals surface area contributed by atoms with Gasteiger partial charge in [-0.3, -0.25) is 4.79 Å². The van der Waals surface area contributed by atoms with Crippen LogP contribution in [0, 0.1) is 22.7 Å². The fraction of sp³-hybridized carbons (Fsp3) is 0.333. The summed E-state index contributed by atoms with van der Waals surface area (Å²) in [5.74, 6) is 3.16. The third-order valence-electron chi connectivity index (χ3n) is 8.62. The van der Waals surface area contributed by atoms with E-state index in [2.05, 4.69) is 10.3 Å². The summed E-state index contributed by atoms with van der Waals surface area (Å²) < 4.78 is 0.816. The average Bonchev–Trinajstić information content (AvgIpc) is 3.31. The lowest BCUT2D eigenvalue weighted by Crippen LogP contribution is -2.59. The van der Waals surface area contributed by atoms with Gasteiger partial charge in [0.25, 0.3) is 17.3 Å². The number of H-pyrrole nitrogens is 1. The lowest BCUT2D eigenvalue weighted by atomic mass is 9.53. The zero-order chi connectivity index (χ0) is 25.1. The largest absolute Gasteiger partial charge is 0.508 e. The van der Waals surface area contributed by atoms with Crippen LogP contribution in [0.5, 0.6) is 5.75 Å². The molecule has 1 amide bonds. The van der Waals surface area contributed by atoms with Gasteiger partial charge in [-0.05, 0) is 98.7 Å². The first-order valence-electron chi connectivity index (χ1n) is 13.1. The summed E-state index contributed by atoms with van der Waals surface area (Å²) in [6.45, 7) is 0. The maximum absolute atomic E-state index is 13.3. The molecule has 4 aliphatic carbocycles. The molecule has 1 aromatic heterocycles. The Hall–Kier alpha value is -4.00. The molecule has 0 saturated heterocycles. The summed E-state index contributed by atoms with van der Waals surface area (Å²) in [4.78, 5) is 34.0. The molecule has 4 aliphatic rings. The van der Waals surface area contributed by atoms with Crippen molar-refractivity contribution in [3.05, 3.63) is 77.2 Å². The third-order valence-corrected chi connectivity index (χ3v) is 8.62. The quantitative estimate of drug-likeness (QED) is 0.287. The first-order chi connectivity index (χ1) is 17.9. The van der Waals surface area contributed by atoms with Crippen LogP contribution in [0.3, 0.4) is 0 Å². The van der Waals surface area contributed by atoms with E-state index in [1.54, 1.807) is 24.3 Å². The van der Waals surface area contributed by atoms with E-state index in [1.807, 2.05) is 30.3 Å². The lowest BCUT2D eigenvalue weighted by Gasteiger charge is -2.56. The van der Waals surface area contributed by atoms with E-state index in [0.29, 0.717) is 22.8 Å². The molecular weight excluding hydrogens is 464 g/mol. The van der Waals surface area contributed by atoms with Crippen LogP contribution in [0.1, 0.15) is 48.9 Å². The second-order valence-corrected chi connectivity index (χ2v) is 11.3. The molecule has 0 spiro atoms. The molecule has 7 heteroatoms. The van der Waals surface area contributed by atoms with Gasteiger partial charge in [0.05, 0.1) is 15.8 Å². The van der Waals surface area contributed by atoms with Crippen molar-refractivity contribution in [2.75, 3.05) is 0 Å². The topological polar surface area (TPSA) is 98.1 Å². The number of benzene rings is 3. The number of nitrogens with zero attached hydrogens (tertiary/aromatic N) is 2. The number of carbonyl (C=O) groups is 1. The second-order valence-electron chi connectivity index (χ2n) is 11.3. The number of hydrogen-bond donors (Lipinski definition) is 3. The first-order valence-corrected chi connectivity index (χ1v) is 13.1. The molecule has 3 aromatic carbocycles. The number of phenolic OH excluding ortho intramolecular Hbond substituents is 1. The van der Waals surface area contributed by atoms with Crippen molar-refractivity contribution in [1.82, 2.24) is 20.0 Å². The fourth-order valence-electron chi connectivity index (χ4n) is 7.36. The maximum atomic E-state index is 13.3. The Bertz CT molecular complexity index is 1490. The Morgan fingerprint density at radius 3 is 2.11 bits per heavy atom. The molecule has 186 valence electrons. The molecule has 4 fully saturated rings. The number of carbonyl (C=O) groups excluding carboxylic acids is 1. The van der Waals surface area contributed by atoms with Gasteiger partial charge >= 0.3 is 0 Å². The highest BCUT2D eigenvalue weighted by Crippen LogP contribution is 2.55. The van der Waals surface area contributed by atoms with E-state index < -0.39 is 0 Å². The number of imidazole rings is 1. The van der Waals surface area contributed by atoms with E-state index in [1.165, 1.54) is 31.4 Å². The van der Waals surface area contributed by atoms with E-state index in [4.69, 9.17) is 4.98 Å². The van der Waals surface area contributed by atoms with Gasteiger partial charge in [0.2, 0.25) is 0 Å². The van der Waals surface area contributed by atoms with Crippen molar-refractivity contribution >= 4 is 28.3 Å². The molecule has 4 bridgehead atoms. The predicted octanol–water partition coefficient (Wildman–Crippen LogP) is 6.24. The SMILES string of the molecule is O=C(NC12CC3CC(CC(C3)C1)C2)c1ccc2nc(-c3ccc([N+](=O)c4ccc(O)cc4)cc3)[nH]c2c1. The van der Waals surface area contributed by atoms with Gasteiger partial charge in [-0.1, -0.05) is 0 Å². The molecule has 4 aromatic rings. The fourth-order valence-corrected chi connectivity index (χ4v) is 7.36. The van der Waals surface area contributed by atoms with Gasteiger partial charge in [0.1, 0.15) is 11.6 Å². The summed E-state index contributed by atoms with van der Waals surface area (Å²) in [5.41, 5.74) is 4.01. The molecule has 4 saturated carbocycles. The Morgan fingerprint density at radius 2 is 1.49 bits per heavy atom. The van der Waals surface area contributed by atoms with E-state index in [0.717, 1.165) is 58.4 Å². The van der Waals surface area contributed by atoms with Crippen LogP contribution in [-0.4, -0.2) is 26.5 Å². The molecule has 0 atom stereocenters. The van der Waals surface area contributed by atoms with Crippen LogP contribution < -0.4 is 10.1 Å². The van der Waals surface area contributed by atoms with Crippen LogP contribution >= 0.6 is 0 Å². The molecule has 3 N–H and O–H groups in total. The van der Waals surface area contributed by atoms with Crippen molar-refractivity contribution < 1.29 is 9.90 Å². The highest BCUT2D eigenvalue weighted by molar-refractivity contribution is 5.98. The Balaban J connectivity index is 1.10. The first kappa shape index (κ1) is 22.2. The highest BCUT2D eigenvalue weighted by Gasteiger charge is 2.51. The van der Waals surface area contributed by atoms with Gasteiger partial charge in [-0.25, -0.2) is 4.98 Å². The summed E-state index contributed by atoms with van der Waals surface area (Å²) in [5, 5.41) is 12.9. The van der Waals surface area contributed by atoms with Crippen molar-refractivity contribution in [2.24, 2.45) is 17.8 Å².